The normalized spacial score (nSPS) is 14.5. The molecule has 3 heterocycles. The second-order valence-electron chi connectivity index (χ2n) is 7.59. The van der Waals surface area contributed by atoms with Crippen molar-refractivity contribution in [3.8, 4) is 0 Å². The largest absolute Gasteiger partial charge is 0.516 e. The molecule has 0 spiro atoms. The Kier molecular flexibility index (Phi) is 6.55. The van der Waals surface area contributed by atoms with Crippen molar-refractivity contribution in [1.82, 2.24) is 24.0 Å². The summed E-state index contributed by atoms with van der Waals surface area (Å²) in [5.41, 5.74) is -4.73. The average Bonchev–Trinajstić information content (AvgIpc) is 3.20. The molecule has 0 atom stereocenters. The van der Waals surface area contributed by atoms with Gasteiger partial charge < -0.3 is 5.32 Å². The van der Waals surface area contributed by atoms with Crippen molar-refractivity contribution in [3.63, 3.8) is 0 Å². The maximum absolute atomic E-state index is 14.7. The minimum absolute atomic E-state index is 0.0391. The van der Waals surface area contributed by atoms with Crippen LogP contribution in [0.15, 0.2) is 35.7 Å². The number of carbonyl (C=O) groups is 1. The molecule has 0 saturated heterocycles. The minimum atomic E-state index is -5.58. The van der Waals surface area contributed by atoms with Gasteiger partial charge in [0, 0.05) is 6.54 Å². The van der Waals surface area contributed by atoms with Crippen molar-refractivity contribution in [2.45, 2.75) is 25.4 Å². The van der Waals surface area contributed by atoms with Gasteiger partial charge in [-0.15, -0.1) is 0 Å². The van der Waals surface area contributed by atoms with Crippen LogP contribution < -0.4 is 10.3 Å². The number of nitrogens with one attached hydrogen (secondary N) is 1. The van der Waals surface area contributed by atoms with E-state index < -0.39 is 39.6 Å². The predicted molar refractivity (Wildman–Crippen MR) is 117 cm³/mol. The van der Waals surface area contributed by atoms with E-state index in [1.54, 1.807) is 6.92 Å². The molecule has 16 heteroatoms. The van der Waals surface area contributed by atoms with E-state index in [0.717, 1.165) is 23.5 Å². The number of aryl methyl sites for hydroxylation is 1. The summed E-state index contributed by atoms with van der Waals surface area (Å²) in [4.78, 5) is 20.8. The number of anilines is 1. The molecule has 0 aliphatic carbocycles. The van der Waals surface area contributed by atoms with E-state index >= 15 is 0 Å². The van der Waals surface area contributed by atoms with Crippen molar-refractivity contribution >= 4 is 33.7 Å². The second kappa shape index (κ2) is 9.33. The van der Waals surface area contributed by atoms with Crippen LogP contribution in [0.2, 0.25) is 0 Å². The van der Waals surface area contributed by atoms with E-state index in [9.17, 15) is 35.2 Å². The first kappa shape index (κ1) is 25.3. The number of imidazole rings is 1. The Morgan fingerprint density at radius 3 is 2.56 bits per heavy atom. The Labute approximate surface area is 201 Å². The summed E-state index contributed by atoms with van der Waals surface area (Å²) < 4.78 is 90.6. The summed E-state index contributed by atoms with van der Waals surface area (Å²) in [6, 6.07) is 3.86. The summed E-state index contributed by atoms with van der Waals surface area (Å²) in [7, 11) is -5.58. The third kappa shape index (κ3) is 4.67. The lowest BCUT2D eigenvalue weighted by Crippen LogP contribution is -2.46. The highest BCUT2D eigenvalue weighted by atomic mass is 32.2. The highest BCUT2D eigenvalue weighted by Gasteiger charge is 2.50. The number of hydrogen-bond donors (Lipinski definition) is 1. The lowest BCUT2D eigenvalue weighted by molar-refractivity contribution is -0.0471. The van der Waals surface area contributed by atoms with Crippen molar-refractivity contribution in [1.29, 1.82) is 0 Å². The van der Waals surface area contributed by atoms with E-state index in [1.165, 1.54) is 16.5 Å². The number of amides is 1. The Hall–Kier alpha value is -3.82. The Balaban J connectivity index is 1.47. The first-order valence-electron chi connectivity index (χ1n) is 10.4. The summed E-state index contributed by atoms with van der Waals surface area (Å²) >= 11 is 0. The molecular formula is C20H18F5N7O3S. The molecule has 0 bridgehead atoms. The van der Waals surface area contributed by atoms with Crippen LogP contribution in [0.4, 0.5) is 27.6 Å². The zero-order chi connectivity index (χ0) is 26.3. The number of sulfonamides is 1. The van der Waals surface area contributed by atoms with Crippen molar-refractivity contribution < 1.29 is 35.2 Å². The van der Waals surface area contributed by atoms with Crippen LogP contribution >= 0.6 is 0 Å². The van der Waals surface area contributed by atoms with Crippen LogP contribution in [0.3, 0.4) is 0 Å². The third-order valence-electron chi connectivity index (χ3n) is 5.27. The van der Waals surface area contributed by atoms with Gasteiger partial charge in [0.25, 0.3) is 5.91 Å². The fourth-order valence-electron chi connectivity index (χ4n) is 3.51. The molecule has 1 aromatic carbocycles. The van der Waals surface area contributed by atoms with Gasteiger partial charge in [-0.3, -0.25) is 14.2 Å². The van der Waals surface area contributed by atoms with E-state index in [0.29, 0.717) is 24.0 Å². The van der Waals surface area contributed by atoms with Gasteiger partial charge in [-0.25, -0.2) is 23.1 Å². The second-order valence-corrected chi connectivity index (χ2v) is 9.47. The average molecular weight is 531 g/mol. The first-order chi connectivity index (χ1) is 16.9. The van der Waals surface area contributed by atoms with E-state index in [2.05, 4.69) is 20.4 Å². The molecule has 0 unspecified atom stereocenters. The monoisotopic (exact) mass is 531 g/mol. The molecule has 192 valence electrons. The van der Waals surface area contributed by atoms with Gasteiger partial charge in [0.15, 0.2) is 5.82 Å². The number of aromatic nitrogens is 3. The molecule has 1 aliphatic heterocycles. The maximum atomic E-state index is 14.7. The van der Waals surface area contributed by atoms with Gasteiger partial charge in [0.2, 0.25) is 5.78 Å². The van der Waals surface area contributed by atoms with E-state index in [1.807, 2.05) is 0 Å². The molecule has 10 nitrogen and oxygen atoms in total. The Bertz CT molecular complexity index is 1460. The first-order valence-corrected chi connectivity index (χ1v) is 11.8. The quantitative estimate of drug-likeness (QED) is 0.489. The van der Waals surface area contributed by atoms with Gasteiger partial charge in [-0.1, -0.05) is 13.0 Å². The Morgan fingerprint density at radius 1 is 1.19 bits per heavy atom. The smallest absolute Gasteiger partial charge is 0.347 e. The highest BCUT2D eigenvalue weighted by molar-refractivity contribution is 7.90. The molecule has 3 aromatic rings. The molecule has 1 N–H and O–H groups in total. The van der Waals surface area contributed by atoms with Crippen molar-refractivity contribution in [3.05, 3.63) is 59.2 Å². The molecule has 1 amide bonds. The number of hydrogen-bond acceptors (Lipinski definition) is 7. The number of benzene rings is 1. The SMILES string of the molecule is CCc1nc2ncc(F)cn2c1C(=O)NCc1ccc(N2CCN(S(=O)(=O)C(F)(F)F)C=N2)c(F)c1. The highest BCUT2D eigenvalue weighted by Crippen LogP contribution is 2.28. The van der Waals surface area contributed by atoms with Gasteiger partial charge >= 0.3 is 15.5 Å². The van der Waals surface area contributed by atoms with Gasteiger partial charge in [0.1, 0.15) is 17.8 Å². The van der Waals surface area contributed by atoms with Crippen molar-refractivity contribution in [2.75, 3.05) is 18.1 Å². The molecular weight excluding hydrogens is 513 g/mol. The van der Waals surface area contributed by atoms with Crippen LogP contribution in [-0.2, 0) is 23.0 Å². The number of nitrogens with zero attached hydrogens (tertiary/aromatic N) is 6. The number of fused-ring (bicyclic) bond motifs is 1. The molecule has 0 saturated carbocycles. The van der Waals surface area contributed by atoms with E-state index in [-0.39, 0.29) is 34.6 Å². The molecule has 0 fully saturated rings. The number of carbonyl (C=O) groups excluding carboxylic acids is 1. The summed E-state index contributed by atoms with van der Waals surface area (Å²) in [6.45, 7) is 0.758. The molecule has 4 rings (SSSR count). The van der Waals surface area contributed by atoms with Crippen LogP contribution in [0, 0.1) is 11.6 Å². The molecule has 36 heavy (non-hydrogen) atoms. The third-order valence-corrected chi connectivity index (χ3v) is 6.75. The Morgan fingerprint density at radius 2 is 1.94 bits per heavy atom. The van der Waals surface area contributed by atoms with Gasteiger partial charge in [-0.05, 0) is 24.1 Å². The topological polar surface area (TPSA) is 112 Å². The predicted octanol–water partition coefficient (Wildman–Crippen LogP) is 2.41. The van der Waals surface area contributed by atoms with Crippen LogP contribution in [-0.4, -0.2) is 57.9 Å². The zero-order valence-corrected chi connectivity index (χ0v) is 19.3. The number of halogens is 5. The molecule has 1 aliphatic rings. The lowest BCUT2D eigenvalue weighted by Gasteiger charge is -2.29. The number of rotatable bonds is 6. The number of hydrazone groups is 1. The van der Waals surface area contributed by atoms with Gasteiger partial charge in [0.05, 0.1) is 36.9 Å². The summed E-state index contributed by atoms with van der Waals surface area (Å²) in [5.74, 6) is -1.88. The number of alkyl halides is 3. The molecule has 0 radical (unpaired) electrons. The lowest BCUT2D eigenvalue weighted by atomic mass is 10.1. The summed E-state index contributed by atoms with van der Waals surface area (Å²) in [5, 5.41) is 7.25. The zero-order valence-electron chi connectivity index (χ0n) is 18.5. The summed E-state index contributed by atoms with van der Waals surface area (Å²) in [6.07, 6.45) is 2.92. The van der Waals surface area contributed by atoms with Crippen LogP contribution in [0.25, 0.3) is 5.78 Å². The minimum Gasteiger partial charge on any atom is -0.347 e. The fraction of sp³-hybridized carbons (Fsp3) is 0.300. The standard InChI is InChI=1S/C20H18F5N7O3S/c1-2-15-17(31-10-13(21)9-27-19(31)29-15)18(33)26-8-12-3-4-16(14(22)7-12)32-6-5-30(11-28-32)36(34,35)20(23,24)25/h3-4,7,9-11H,2,5-6,8H2,1H3,(H,26,33). The maximum Gasteiger partial charge on any atom is 0.516 e. The van der Waals surface area contributed by atoms with E-state index in [4.69, 9.17) is 0 Å². The molecule has 2 aromatic heterocycles. The van der Waals surface area contributed by atoms with Crippen LogP contribution in [0.5, 0.6) is 0 Å². The fourth-order valence-corrected chi connectivity index (χ4v) is 4.26. The van der Waals surface area contributed by atoms with Crippen LogP contribution in [0.1, 0.15) is 28.7 Å². The van der Waals surface area contributed by atoms with Gasteiger partial charge in [-0.2, -0.15) is 26.7 Å². The van der Waals surface area contributed by atoms with Crippen molar-refractivity contribution in [2.24, 2.45) is 5.10 Å².